The first-order valence-corrected chi connectivity index (χ1v) is 5.51. The molecule has 0 spiro atoms. The summed E-state index contributed by atoms with van der Waals surface area (Å²) in [7, 11) is 1.93. The number of aromatic nitrogens is 2. The fourth-order valence-electron chi connectivity index (χ4n) is 2.34. The highest BCUT2D eigenvalue weighted by Crippen LogP contribution is 2.35. The minimum Gasteiger partial charge on any atom is -0.327 e. The Morgan fingerprint density at radius 2 is 2.21 bits per heavy atom. The summed E-state index contributed by atoms with van der Waals surface area (Å²) < 4.78 is 1.86. The highest BCUT2D eigenvalue weighted by molar-refractivity contribution is 6.31. The van der Waals surface area contributed by atoms with Gasteiger partial charge in [-0.15, -0.1) is 0 Å². The molecule has 78 valence electrons. The van der Waals surface area contributed by atoms with Crippen LogP contribution in [0.3, 0.4) is 0 Å². The van der Waals surface area contributed by atoms with Gasteiger partial charge in [-0.1, -0.05) is 24.4 Å². The van der Waals surface area contributed by atoms with E-state index in [0.29, 0.717) is 5.92 Å². The smallest absolute Gasteiger partial charge is 0.0821 e. The van der Waals surface area contributed by atoms with Crippen LogP contribution in [-0.2, 0) is 7.05 Å². The molecule has 0 saturated heterocycles. The minimum absolute atomic E-state index is 0.247. The van der Waals surface area contributed by atoms with Gasteiger partial charge >= 0.3 is 0 Å². The number of hydrogen-bond donors (Lipinski definition) is 1. The number of aryl methyl sites for hydroxylation is 1. The summed E-state index contributed by atoms with van der Waals surface area (Å²) in [6.45, 7) is 0. The molecule has 14 heavy (non-hydrogen) atoms. The van der Waals surface area contributed by atoms with Crippen molar-refractivity contribution in [2.75, 3.05) is 0 Å². The van der Waals surface area contributed by atoms with Crippen LogP contribution in [0.5, 0.6) is 0 Å². The molecule has 1 aromatic rings. The van der Waals surface area contributed by atoms with E-state index in [0.717, 1.165) is 23.6 Å². The Balaban J connectivity index is 2.28. The SMILES string of the molecule is Cn1ncc(Cl)c1C1CCCCC1N. The van der Waals surface area contributed by atoms with Gasteiger partial charge in [0, 0.05) is 19.0 Å². The van der Waals surface area contributed by atoms with Crippen molar-refractivity contribution in [3.05, 3.63) is 16.9 Å². The second-order valence-corrected chi connectivity index (χ2v) is 4.46. The fourth-order valence-corrected chi connectivity index (χ4v) is 2.64. The van der Waals surface area contributed by atoms with Crippen molar-refractivity contribution < 1.29 is 0 Å². The maximum Gasteiger partial charge on any atom is 0.0821 e. The van der Waals surface area contributed by atoms with Crippen LogP contribution in [0, 0.1) is 0 Å². The first-order chi connectivity index (χ1) is 6.70. The van der Waals surface area contributed by atoms with E-state index in [-0.39, 0.29) is 6.04 Å². The molecule has 1 aliphatic carbocycles. The van der Waals surface area contributed by atoms with Crippen molar-refractivity contribution in [1.29, 1.82) is 0 Å². The van der Waals surface area contributed by atoms with E-state index in [4.69, 9.17) is 17.3 Å². The predicted molar refractivity (Wildman–Crippen MR) is 57.4 cm³/mol. The van der Waals surface area contributed by atoms with E-state index in [1.54, 1.807) is 6.20 Å². The quantitative estimate of drug-likeness (QED) is 0.776. The van der Waals surface area contributed by atoms with Gasteiger partial charge in [-0.05, 0) is 12.8 Å². The summed E-state index contributed by atoms with van der Waals surface area (Å²) in [5.41, 5.74) is 7.22. The van der Waals surface area contributed by atoms with Gasteiger partial charge in [-0.2, -0.15) is 5.10 Å². The number of rotatable bonds is 1. The standard InChI is InChI=1S/C10H16ClN3/c1-14-10(8(11)6-13-14)7-4-2-3-5-9(7)12/h6-7,9H,2-5,12H2,1H3. The zero-order chi connectivity index (χ0) is 10.1. The molecule has 0 radical (unpaired) electrons. The van der Waals surface area contributed by atoms with E-state index >= 15 is 0 Å². The van der Waals surface area contributed by atoms with Crippen molar-refractivity contribution in [3.63, 3.8) is 0 Å². The molecular weight excluding hydrogens is 198 g/mol. The summed E-state index contributed by atoms with van der Waals surface area (Å²) in [5, 5.41) is 4.91. The molecule has 1 aliphatic rings. The lowest BCUT2D eigenvalue weighted by Gasteiger charge is -2.28. The van der Waals surface area contributed by atoms with Crippen molar-refractivity contribution in [2.24, 2.45) is 12.8 Å². The van der Waals surface area contributed by atoms with Crippen LogP contribution in [0.25, 0.3) is 0 Å². The van der Waals surface area contributed by atoms with Crippen molar-refractivity contribution in [3.8, 4) is 0 Å². The molecule has 1 saturated carbocycles. The van der Waals surface area contributed by atoms with Gasteiger partial charge in [0.1, 0.15) is 0 Å². The summed E-state index contributed by atoms with van der Waals surface area (Å²) in [6.07, 6.45) is 6.44. The Morgan fingerprint density at radius 3 is 2.79 bits per heavy atom. The predicted octanol–water partition coefficient (Wildman–Crippen LogP) is 2.06. The topological polar surface area (TPSA) is 43.8 Å². The van der Waals surface area contributed by atoms with Gasteiger partial charge in [0.2, 0.25) is 0 Å². The van der Waals surface area contributed by atoms with Crippen molar-refractivity contribution in [1.82, 2.24) is 9.78 Å². The number of halogens is 1. The van der Waals surface area contributed by atoms with Crippen LogP contribution in [0.1, 0.15) is 37.3 Å². The molecule has 2 unspecified atom stereocenters. The molecule has 0 aliphatic heterocycles. The highest BCUT2D eigenvalue weighted by Gasteiger charge is 2.27. The lowest BCUT2D eigenvalue weighted by molar-refractivity contribution is 0.370. The molecule has 1 fully saturated rings. The van der Waals surface area contributed by atoms with E-state index in [9.17, 15) is 0 Å². The molecular formula is C10H16ClN3. The summed E-state index contributed by atoms with van der Waals surface area (Å²) in [6, 6.07) is 0.247. The third-order valence-electron chi connectivity index (χ3n) is 3.11. The lowest BCUT2D eigenvalue weighted by Crippen LogP contribution is -2.32. The third-order valence-corrected chi connectivity index (χ3v) is 3.40. The Labute approximate surface area is 89.2 Å². The maximum atomic E-state index is 6.11. The molecule has 3 nitrogen and oxygen atoms in total. The average Bonchev–Trinajstić information content (AvgIpc) is 2.48. The van der Waals surface area contributed by atoms with Gasteiger partial charge in [-0.25, -0.2) is 0 Å². The average molecular weight is 214 g/mol. The molecule has 4 heteroatoms. The monoisotopic (exact) mass is 213 g/mol. The number of hydrogen-bond acceptors (Lipinski definition) is 2. The zero-order valence-electron chi connectivity index (χ0n) is 8.41. The second-order valence-electron chi connectivity index (χ2n) is 4.06. The zero-order valence-corrected chi connectivity index (χ0v) is 9.17. The fraction of sp³-hybridized carbons (Fsp3) is 0.700. The van der Waals surface area contributed by atoms with Crippen LogP contribution >= 0.6 is 11.6 Å². The lowest BCUT2D eigenvalue weighted by atomic mass is 9.83. The number of nitrogens with zero attached hydrogens (tertiary/aromatic N) is 2. The van der Waals surface area contributed by atoms with Crippen molar-refractivity contribution >= 4 is 11.6 Å². The maximum absolute atomic E-state index is 6.11. The van der Waals surface area contributed by atoms with E-state index in [2.05, 4.69) is 5.10 Å². The molecule has 0 amide bonds. The first kappa shape index (κ1) is 9.99. The van der Waals surface area contributed by atoms with Gasteiger partial charge in [0.05, 0.1) is 16.9 Å². The summed E-state index contributed by atoms with van der Waals surface area (Å²) in [4.78, 5) is 0. The Bertz CT molecular complexity index is 302. The molecule has 0 aromatic carbocycles. The first-order valence-electron chi connectivity index (χ1n) is 5.13. The third kappa shape index (κ3) is 1.66. The molecule has 2 N–H and O–H groups in total. The highest BCUT2D eigenvalue weighted by atomic mass is 35.5. The van der Waals surface area contributed by atoms with Gasteiger partial charge in [-0.3, -0.25) is 4.68 Å². The van der Waals surface area contributed by atoms with Crippen LogP contribution in [0.4, 0.5) is 0 Å². The number of nitrogens with two attached hydrogens (primary N) is 1. The van der Waals surface area contributed by atoms with Gasteiger partial charge < -0.3 is 5.73 Å². The van der Waals surface area contributed by atoms with E-state index < -0.39 is 0 Å². The Hall–Kier alpha value is -0.540. The van der Waals surface area contributed by atoms with Gasteiger partial charge in [0.15, 0.2) is 0 Å². The summed E-state index contributed by atoms with van der Waals surface area (Å²) >= 11 is 6.10. The van der Waals surface area contributed by atoms with E-state index in [1.807, 2.05) is 11.7 Å². The van der Waals surface area contributed by atoms with E-state index in [1.165, 1.54) is 12.8 Å². The largest absolute Gasteiger partial charge is 0.327 e. The Morgan fingerprint density at radius 1 is 1.50 bits per heavy atom. The van der Waals surface area contributed by atoms with Crippen molar-refractivity contribution in [2.45, 2.75) is 37.6 Å². The second kappa shape index (κ2) is 3.91. The van der Waals surface area contributed by atoms with Crippen LogP contribution < -0.4 is 5.73 Å². The minimum atomic E-state index is 0.247. The summed E-state index contributed by atoms with van der Waals surface area (Å²) in [5.74, 6) is 0.392. The van der Waals surface area contributed by atoms with Crippen LogP contribution in [0.15, 0.2) is 6.20 Å². The van der Waals surface area contributed by atoms with Crippen LogP contribution in [0.2, 0.25) is 5.02 Å². The normalized spacial score (nSPS) is 27.9. The van der Waals surface area contributed by atoms with Crippen LogP contribution in [-0.4, -0.2) is 15.8 Å². The van der Waals surface area contributed by atoms with Gasteiger partial charge in [0.25, 0.3) is 0 Å². The molecule has 1 heterocycles. The molecule has 2 rings (SSSR count). The molecule has 2 atom stereocenters. The Kier molecular flexibility index (Phi) is 2.79. The molecule has 1 aromatic heterocycles. The molecule has 0 bridgehead atoms.